The van der Waals surface area contributed by atoms with Crippen molar-refractivity contribution in [1.29, 1.82) is 0 Å². The molecule has 7 heteroatoms. The third kappa shape index (κ3) is 3.36. The number of carbonyl (C=O) groups is 1. The molecule has 1 rings (SSSR count). The predicted octanol–water partition coefficient (Wildman–Crippen LogP) is 2.09. The van der Waals surface area contributed by atoms with Gasteiger partial charge in [0, 0.05) is 0 Å². The van der Waals surface area contributed by atoms with Crippen LogP contribution in [-0.4, -0.2) is 17.1 Å². The summed E-state index contributed by atoms with van der Waals surface area (Å²) in [6.07, 6.45) is -4.20. The molecule has 4 N–H and O–H groups in total. The van der Waals surface area contributed by atoms with E-state index < -0.39 is 29.4 Å². The summed E-state index contributed by atoms with van der Waals surface area (Å²) in [6.45, 7) is 1.66. The lowest BCUT2D eigenvalue weighted by Gasteiger charge is -2.13. The molecule has 0 aromatic heterocycles. The Morgan fingerprint density at radius 2 is 2.11 bits per heavy atom. The molecule has 1 aromatic carbocycles. The number of carbonyl (C=O) groups excluding carboxylic acids is 1. The second-order valence-corrected chi connectivity index (χ2v) is 3.73. The van der Waals surface area contributed by atoms with E-state index in [0.29, 0.717) is 12.5 Å². The Morgan fingerprint density at radius 3 is 2.61 bits per heavy atom. The van der Waals surface area contributed by atoms with E-state index in [9.17, 15) is 23.1 Å². The Morgan fingerprint density at radius 1 is 1.50 bits per heavy atom. The van der Waals surface area contributed by atoms with Gasteiger partial charge in [-0.25, -0.2) is 0 Å². The van der Waals surface area contributed by atoms with Gasteiger partial charge in [0.2, 0.25) is 5.91 Å². The molecule has 0 bridgehead atoms. The first kappa shape index (κ1) is 14.3. The van der Waals surface area contributed by atoms with Crippen molar-refractivity contribution in [3.8, 4) is 5.75 Å². The largest absolute Gasteiger partial charge is 0.506 e. The van der Waals surface area contributed by atoms with Crippen LogP contribution in [0.1, 0.15) is 18.9 Å². The molecule has 0 radical (unpaired) electrons. The van der Waals surface area contributed by atoms with Crippen molar-refractivity contribution in [3.05, 3.63) is 23.8 Å². The van der Waals surface area contributed by atoms with Crippen LogP contribution in [0.25, 0.3) is 0 Å². The molecule has 0 aliphatic heterocycles. The molecule has 100 valence electrons. The monoisotopic (exact) mass is 262 g/mol. The summed E-state index contributed by atoms with van der Waals surface area (Å²) in [6, 6.07) is 1.43. The number of halogens is 3. The Bertz CT molecular complexity index is 446. The van der Waals surface area contributed by atoms with Crippen molar-refractivity contribution in [2.24, 2.45) is 5.73 Å². The van der Waals surface area contributed by atoms with E-state index in [1.54, 1.807) is 6.92 Å². The Balaban J connectivity index is 2.99. The third-order valence-corrected chi connectivity index (χ3v) is 2.36. The third-order valence-electron chi connectivity index (χ3n) is 2.36. The second kappa shape index (κ2) is 5.26. The van der Waals surface area contributed by atoms with Crippen molar-refractivity contribution in [3.63, 3.8) is 0 Å². The fourth-order valence-electron chi connectivity index (χ4n) is 1.22. The molecule has 1 atom stereocenters. The lowest BCUT2D eigenvalue weighted by Crippen LogP contribution is -2.34. The summed E-state index contributed by atoms with van der Waals surface area (Å²) in [4.78, 5) is 11.4. The number of amides is 1. The van der Waals surface area contributed by atoms with E-state index in [1.165, 1.54) is 0 Å². The summed E-state index contributed by atoms with van der Waals surface area (Å²) in [5.41, 5.74) is 4.16. The molecule has 0 unspecified atom stereocenters. The summed E-state index contributed by atoms with van der Waals surface area (Å²) in [5.74, 6) is -1.09. The maximum atomic E-state index is 12.4. The van der Waals surface area contributed by atoms with Gasteiger partial charge >= 0.3 is 6.18 Å². The van der Waals surface area contributed by atoms with Crippen molar-refractivity contribution >= 4 is 11.6 Å². The van der Waals surface area contributed by atoms with Gasteiger partial charge < -0.3 is 16.2 Å². The van der Waals surface area contributed by atoms with Gasteiger partial charge in [-0.05, 0) is 24.6 Å². The molecule has 0 aliphatic rings. The van der Waals surface area contributed by atoms with Gasteiger partial charge in [0.1, 0.15) is 5.75 Å². The van der Waals surface area contributed by atoms with Crippen LogP contribution < -0.4 is 11.1 Å². The van der Waals surface area contributed by atoms with E-state index in [4.69, 9.17) is 5.73 Å². The average molecular weight is 262 g/mol. The summed E-state index contributed by atoms with van der Waals surface area (Å²) < 4.78 is 37.3. The lowest BCUT2D eigenvalue weighted by molar-refractivity contribution is -0.137. The molecule has 0 saturated carbocycles. The maximum Gasteiger partial charge on any atom is 0.416 e. The van der Waals surface area contributed by atoms with Crippen molar-refractivity contribution < 1.29 is 23.1 Å². The standard InChI is InChI=1S/C11H13F3N2O2/c1-2-7(15)10(18)16-8-5-6(11(12,13)14)3-4-9(8)17/h3-5,7,17H,2,15H2,1H3,(H,16,18)/t7-/m0/s1. The van der Waals surface area contributed by atoms with Gasteiger partial charge in [0.15, 0.2) is 0 Å². The zero-order chi connectivity index (χ0) is 13.9. The SMILES string of the molecule is CC[C@H](N)C(=O)Nc1cc(C(F)(F)F)ccc1O. The Labute approximate surface area is 102 Å². The van der Waals surface area contributed by atoms with Gasteiger partial charge in [0.05, 0.1) is 17.3 Å². The highest BCUT2D eigenvalue weighted by atomic mass is 19.4. The van der Waals surface area contributed by atoms with Gasteiger partial charge in [-0.1, -0.05) is 6.92 Å². The molecule has 4 nitrogen and oxygen atoms in total. The predicted molar refractivity (Wildman–Crippen MR) is 60.0 cm³/mol. The number of benzene rings is 1. The van der Waals surface area contributed by atoms with Crippen molar-refractivity contribution in [1.82, 2.24) is 0 Å². The maximum absolute atomic E-state index is 12.4. The fourth-order valence-corrected chi connectivity index (χ4v) is 1.22. The zero-order valence-corrected chi connectivity index (χ0v) is 9.58. The van der Waals surface area contributed by atoms with Crippen LogP contribution in [0.3, 0.4) is 0 Å². The molecule has 0 spiro atoms. The van der Waals surface area contributed by atoms with Crippen LogP contribution in [0, 0.1) is 0 Å². The second-order valence-electron chi connectivity index (χ2n) is 3.73. The average Bonchev–Trinajstić information content (AvgIpc) is 2.29. The van der Waals surface area contributed by atoms with Gasteiger partial charge in [-0.2, -0.15) is 13.2 Å². The molecule has 18 heavy (non-hydrogen) atoms. The van der Waals surface area contributed by atoms with E-state index in [1.807, 2.05) is 0 Å². The van der Waals surface area contributed by atoms with Crippen molar-refractivity contribution in [2.45, 2.75) is 25.6 Å². The summed E-state index contributed by atoms with van der Waals surface area (Å²) >= 11 is 0. The lowest BCUT2D eigenvalue weighted by atomic mass is 10.1. The molecule has 0 aliphatic carbocycles. The smallest absolute Gasteiger partial charge is 0.416 e. The van der Waals surface area contributed by atoms with E-state index >= 15 is 0 Å². The number of aromatic hydroxyl groups is 1. The van der Waals surface area contributed by atoms with Crippen LogP contribution >= 0.6 is 0 Å². The van der Waals surface area contributed by atoms with Gasteiger partial charge in [-0.15, -0.1) is 0 Å². The van der Waals surface area contributed by atoms with Crippen LogP contribution in [0.15, 0.2) is 18.2 Å². The molecular formula is C11H13F3N2O2. The highest BCUT2D eigenvalue weighted by Gasteiger charge is 2.31. The fraction of sp³-hybridized carbons (Fsp3) is 0.364. The van der Waals surface area contributed by atoms with Crippen LogP contribution in [0.5, 0.6) is 5.75 Å². The number of nitrogens with one attached hydrogen (secondary N) is 1. The van der Waals surface area contributed by atoms with Gasteiger partial charge in [-0.3, -0.25) is 4.79 Å². The number of phenolic OH excluding ortho intramolecular Hbond substituents is 1. The van der Waals surface area contributed by atoms with Crippen molar-refractivity contribution in [2.75, 3.05) is 5.32 Å². The molecular weight excluding hydrogens is 249 g/mol. The van der Waals surface area contributed by atoms with Gasteiger partial charge in [0.25, 0.3) is 0 Å². The van der Waals surface area contributed by atoms with Crippen LogP contribution in [0.2, 0.25) is 0 Å². The van der Waals surface area contributed by atoms with E-state index in [2.05, 4.69) is 5.32 Å². The Hall–Kier alpha value is -1.76. The number of phenols is 1. The van der Waals surface area contributed by atoms with E-state index in [-0.39, 0.29) is 5.69 Å². The molecule has 1 aromatic rings. The highest BCUT2D eigenvalue weighted by molar-refractivity contribution is 5.95. The summed E-state index contributed by atoms with van der Waals surface area (Å²) in [5, 5.41) is 11.5. The normalized spacial score (nSPS) is 13.2. The topological polar surface area (TPSA) is 75.4 Å². The van der Waals surface area contributed by atoms with Crippen LogP contribution in [0.4, 0.5) is 18.9 Å². The number of hydrogen-bond acceptors (Lipinski definition) is 3. The first-order valence-corrected chi connectivity index (χ1v) is 5.22. The number of hydrogen-bond donors (Lipinski definition) is 3. The number of rotatable bonds is 3. The summed E-state index contributed by atoms with van der Waals surface area (Å²) in [7, 11) is 0. The number of alkyl halides is 3. The first-order valence-electron chi connectivity index (χ1n) is 5.22. The number of nitrogens with two attached hydrogens (primary N) is 1. The van der Waals surface area contributed by atoms with Crippen LogP contribution in [-0.2, 0) is 11.0 Å². The van der Waals surface area contributed by atoms with E-state index in [0.717, 1.165) is 12.1 Å². The highest BCUT2D eigenvalue weighted by Crippen LogP contribution is 2.34. The molecule has 0 heterocycles. The minimum Gasteiger partial charge on any atom is -0.506 e. The number of anilines is 1. The molecule has 1 amide bonds. The minimum atomic E-state index is -4.54. The quantitative estimate of drug-likeness (QED) is 0.730. The zero-order valence-electron chi connectivity index (χ0n) is 9.58. The Kier molecular flexibility index (Phi) is 4.18. The first-order chi connectivity index (χ1) is 8.25. The molecule has 0 fully saturated rings. The minimum absolute atomic E-state index is 0.307. The molecule has 0 saturated heterocycles.